The van der Waals surface area contributed by atoms with Crippen LogP contribution in [0.15, 0.2) is 12.1 Å². The van der Waals surface area contributed by atoms with Gasteiger partial charge in [-0.2, -0.15) is 0 Å². The van der Waals surface area contributed by atoms with Gasteiger partial charge >= 0.3 is 0 Å². The summed E-state index contributed by atoms with van der Waals surface area (Å²) in [6, 6.07) is 4.77. The SMILES string of the molecule is CCC(C)(N)CN1CC(Cc2ccc3c(c2C)C[B]CC3)C1. The zero-order valence-corrected chi connectivity index (χ0v) is 14.5. The number of rotatable bonds is 5. The summed E-state index contributed by atoms with van der Waals surface area (Å²) in [5.41, 5.74) is 12.6. The number of nitrogens with zero attached hydrogens (tertiary/aromatic N) is 1. The first-order chi connectivity index (χ1) is 10.5. The van der Waals surface area contributed by atoms with Gasteiger partial charge in [-0.15, -0.1) is 0 Å². The Morgan fingerprint density at radius 2 is 2.14 bits per heavy atom. The lowest BCUT2D eigenvalue weighted by Gasteiger charge is -2.43. The highest BCUT2D eigenvalue weighted by Crippen LogP contribution is 2.28. The summed E-state index contributed by atoms with van der Waals surface area (Å²) in [6.07, 6.45) is 5.95. The van der Waals surface area contributed by atoms with Crippen molar-refractivity contribution in [2.45, 2.75) is 58.2 Å². The van der Waals surface area contributed by atoms with Gasteiger partial charge in [-0.05, 0) is 61.3 Å². The Morgan fingerprint density at radius 3 is 2.86 bits per heavy atom. The molecule has 1 aromatic rings. The van der Waals surface area contributed by atoms with E-state index in [1.54, 1.807) is 22.3 Å². The fraction of sp³-hybridized carbons (Fsp3) is 0.684. The maximum absolute atomic E-state index is 6.28. The molecule has 1 radical (unpaired) electrons. The first-order valence-electron chi connectivity index (χ1n) is 8.91. The second-order valence-corrected chi connectivity index (χ2v) is 7.79. The first-order valence-corrected chi connectivity index (χ1v) is 8.91. The van der Waals surface area contributed by atoms with Crippen LogP contribution in [0.2, 0.25) is 6.32 Å². The number of aryl methyl sites for hydroxylation is 1. The van der Waals surface area contributed by atoms with Crippen molar-refractivity contribution in [1.29, 1.82) is 0 Å². The molecule has 119 valence electrons. The van der Waals surface area contributed by atoms with Crippen LogP contribution in [0.4, 0.5) is 0 Å². The second-order valence-electron chi connectivity index (χ2n) is 7.79. The molecule has 0 saturated carbocycles. The fourth-order valence-corrected chi connectivity index (χ4v) is 3.97. The number of nitrogens with two attached hydrogens (primary N) is 1. The topological polar surface area (TPSA) is 29.3 Å². The zero-order valence-electron chi connectivity index (χ0n) is 14.5. The van der Waals surface area contributed by atoms with Crippen LogP contribution < -0.4 is 5.73 Å². The van der Waals surface area contributed by atoms with Crippen LogP contribution in [-0.2, 0) is 19.2 Å². The molecule has 0 aliphatic carbocycles. The maximum Gasteiger partial charge on any atom is 0.115 e. The second kappa shape index (κ2) is 6.37. The Morgan fingerprint density at radius 1 is 1.36 bits per heavy atom. The van der Waals surface area contributed by atoms with E-state index in [1.165, 1.54) is 38.6 Å². The number of fused-ring (bicyclic) bond motifs is 1. The van der Waals surface area contributed by atoms with E-state index in [0.717, 1.165) is 18.9 Å². The van der Waals surface area contributed by atoms with Gasteiger partial charge in [0.05, 0.1) is 0 Å². The Labute approximate surface area is 136 Å². The van der Waals surface area contributed by atoms with Crippen LogP contribution in [0.1, 0.15) is 42.5 Å². The molecule has 1 unspecified atom stereocenters. The summed E-state index contributed by atoms with van der Waals surface area (Å²) >= 11 is 0. The molecule has 0 bridgehead atoms. The Bertz CT molecular complexity index is 532. The van der Waals surface area contributed by atoms with Crippen molar-refractivity contribution in [3.8, 4) is 0 Å². The van der Waals surface area contributed by atoms with Crippen LogP contribution in [0.3, 0.4) is 0 Å². The average molecular weight is 297 g/mol. The Hall–Kier alpha value is -0.795. The Kier molecular flexibility index (Phi) is 4.65. The standard InChI is InChI=1S/C19H30BN2/c1-4-19(3,21)13-22-11-15(12-22)9-17-6-5-16-7-8-20-10-18(16)14(17)2/h5-6,15H,4,7-13,21H2,1-3H3. The molecular weight excluding hydrogens is 267 g/mol. The lowest BCUT2D eigenvalue weighted by atomic mass is 9.61. The van der Waals surface area contributed by atoms with Gasteiger partial charge in [-0.25, -0.2) is 0 Å². The van der Waals surface area contributed by atoms with Gasteiger partial charge in [0.2, 0.25) is 0 Å². The van der Waals surface area contributed by atoms with Crippen molar-refractivity contribution in [3.63, 3.8) is 0 Å². The molecule has 3 heteroatoms. The van der Waals surface area contributed by atoms with E-state index in [4.69, 9.17) is 5.73 Å². The Balaban J connectivity index is 1.57. The van der Waals surface area contributed by atoms with Crippen molar-refractivity contribution >= 4 is 7.28 Å². The quantitative estimate of drug-likeness (QED) is 0.847. The highest BCUT2D eigenvalue weighted by atomic mass is 15.2. The molecule has 0 aromatic heterocycles. The number of hydrogen-bond acceptors (Lipinski definition) is 2. The van der Waals surface area contributed by atoms with Crippen molar-refractivity contribution in [2.24, 2.45) is 11.7 Å². The van der Waals surface area contributed by atoms with Gasteiger partial charge in [-0.3, -0.25) is 0 Å². The third-order valence-electron chi connectivity index (χ3n) is 5.71. The van der Waals surface area contributed by atoms with Crippen molar-refractivity contribution in [1.82, 2.24) is 4.90 Å². The third-order valence-corrected chi connectivity index (χ3v) is 5.71. The molecule has 1 saturated heterocycles. The van der Waals surface area contributed by atoms with Crippen LogP contribution >= 0.6 is 0 Å². The van der Waals surface area contributed by atoms with E-state index >= 15 is 0 Å². The summed E-state index contributed by atoms with van der Waals surface area (Å²) in [5, 5.41) is 0. The van der Waals surface area contributed by atoms with Gasteiger partial charge in [0.15, 0.2) is 0 Å². The van der Waals surface area contributed by atoms with E-state index in [0.29, 0.717) is 0 Å². The van der Waals surface area contributed by atoms with Gasteiger partial charge < -0.3 is 10.6 Å². The van der Waals surface area contributed by atoms with E-state index in [2.05, 4.69) is 45.1 Å². The summed E-state index contributed by atoms with van der Waals surface area (Å²) < 4.78 is 0. The molecule has 2 aliphatic rings. The van der Waals surface area contributed by atoms with E-state index < -0.39 is 0 Å². The van der Waals surface area contributed by atoms with E-state index in [9.17, 15) is 0 Å². The van der Waals surface area contributed by atoms with Gasteiger partial charge in [0.25, 0.3) is 0 Å². The molecular formula is C19H30BN2. The summed E-state index contributed by atoms with van der Waals surface area (Å²) in [6.45, 7) is 10.2. The predicted molar refractivity (Wildman–Crippen MR) is 95.7 cm³/mol. The summed E-state index contributed by atoms with van der Waals surface area (Å²) in [4.78, 5) is 2.52. The average Bonchev–Trinajstić information content (AvgIpc) is 2.47. The minimum absolute atomic E-state index is 0.0253. The minimum atomic E-state index is -0.0253. The first kappa shape index (κ1) is 16.1. The van der Waals surface area contributed by atoms with Crippen molar-refractivity contribution in [2.75, 3.05) is 19.6 Å². The van der Waals surface area contributed by atoms with Crippen LogP contribution in [0.5, 0.6) is 0 Å². The maximum atomic E-state index is 6.28. The molecule has 1 aromatic carbocycles. The number of likely N-dealkylation sites (tertiary alicyclic amines) is 1. The van der Waals surface area contributed by atoms with Crippen LogP contribution in [-0.4, -0.2) is 37.4 Å². The van der Waals surface area contributed by atoms with Crippen LogP contribution in [0, 0.1) is 12.8 Å². The fourth-order valence-electron chi connectivity index (χ4n) is 3.97. The molecule has 1 atom stereocenters. The molecule has 2 aliphatic heterocycles. The highest BCUT2D eigenvalue weighted by Gasteiger charge is 2.31. The summed E-state index contributed by atoms with van der Waals surface area (Å²) in [7, 11) is 2.44. The predicted octanol–water partition coefficient (Wildman–Crippen LogP) is 2.78. The molecule has 3 rings (SSSR count). The van der Waals surface area contributed by atoms with Gasteiger partial charge in [0.1, 0.15) is 7.28 Å². The largest absolute Gasteiger partial charge is 0.324 e. The van der Waals surface area contributed by atoms with Crippen molar-refractivity contribution in [3.05, 3.63) is 34.4 Å². The van der Waals surface area contributed by atoms with Crippen molar-refractivity contribution < 1.29 is 0 Å². The van der Waals surface area contributed by atoms with E-state index in [-0.39, 0.29) is 5.54 Å². The normalized spacial score (nSPS) is 21.6. The molecule has 2 N–H and O–H groups in total. The molecule has 2 nitrogen and oxygen atoms in total. The molecule has 1 fully saturated rings. The lowest BCUT2D eigenvalue weighted by molar-refractivity contribution is 0.0757. The lowest BCUT2D eigenvalue weighted by Crippen LogP contribution is -2.56. The zero-order chi connectivity index (χ0) is 15.7. The van der Waals surface area contributed by atoms with Crippen LogP contribution in [0.25, 0.3) is 0 Å². The van der Waals surface area contributed by atoms with Gasteiger partial charge in [-0.1, -0.05) is 31.7 Å². The monoisotopic (exact) mass is 297 g/mol. The molecule has 0 spiro atoms. The number of hydrogen-bond donors (Lipinski definition) is 1. The van der Waals surface area contributed by atoms with E-state index in [1.807, 2.05) is 0 Å². The summed E-state index contributed by atoms with van der Waals surface area (Å²) in [5.74, 6) is 0.817. The third kappa shape index (κ3) is 3.41. The molecule has 0 amide bonds. The molecule has 2 heterocycles. The number of benzene rings is 1. The highest BCUT2D eigenvalue weighted by molar-refractivity contribution is 6.35. The molecule has 22 heavy (non-hydrogen) atoms. The smallest absolute Gasteiger partial charge is 0.115 e. The minimum Gasteiger partial charge on any atom is -0.324 e. The van der Waals surface area contributed by atoms with Gasteiger partial charge in [0, 0.05) is 25.2 Å².